The molecular weight excluding hydrogens is 983 g/mol. The SMILES string of the molecule is CCCCCCCCCCCCCCCCCOP(=O)(O)OCCCCCCCCCCCCCCCCC.CCCCCCCCCCCCCCCCOP(=O)(O)OCCCCCCCCCCCCCCCC. The van der Waals surface area contributed by atoms with Crippen molar-refractivity contribution < 1.29 is 37.0 Å². The quantitative estimate of drug-likeness (QED) is 0.0458. The van der Waals surface area contributed by atoms with E-state index in [1.54, 1.807) is 0 Å². The topological polar surface area (TPSA) is 112 Å². The molecule has 0 aromatic carbocycles. The molecule has 0 saturated heterocycles. The minimum absolute atomic E-state index is 0.324. The summed E-state index contributed by atoms with van der Waals surface area (Å²) in [4.78, 5) is 19.7. The molecule has 2 N–H and O–H groups in total. The number of phosphoric acid groups is 2. The highest BCUT2D eigenvalue weighted by molar-refractivity contribution is 7.47. The van der Waals surface area contributed by atoms with Crippen LogP contribution in [0.5, 0.6) is 0 Å². The van der Waals surface area contributed by atoms with Crippen molar-refractivity contribution in [1.82, 2.24) is 0 Å². The summed E-state index contributed by atoms with van der Waals surface area (Å²) < 4.78 is 44.6. The predicted molar refractivity (Wildman–Crippen MR) is 334 cm³/mol. The summed E-state index contributed by atoms with van der Waals surface area (Å²) in [5, 5.41) is 0. The van der Waals surface area contributed by atoms with E-state index in [1.165, 1.54) is 321 Å². The number of hydrogen-bond acceptors (Lipinski definition) is 6. The van der Waals surface area contributed by atoms with Crippen molar-refractivity contribution in [2.45, 2.75) is 400 Å². The number of phosphoric ester groups is 2. The summed E-state index contributed by atoms with van der Waals surface area (Å²) in [6.45, 7) is 10.4. The molecule has 0 amide bonds. The fourth-order valence-electron chi connectivity index (χ4n) is 10.3. The van der Waals surface area contributed by atoms with E-state index in [0.717, 1.165) is 51.4 Å². The summed E-state index contributed by atoms with van der Waals surface area (Å²) in [6.07, 6.45) is 75.6. The van der Waals surface area contributed by atoms with E-state index in [4.69, 9.17) is 18.1 Å². The lowest BCUT2D eigenvalue weighted by molar-refractivity contribution is 0.144. The Morgan fingerprint density at radius 3 is 0.382 bits per heavy atom. The van der Waals surface area contributed by atoms with Crippen LogP contribution in [0, 0.1) is 0 Å². The van der Waals surface area contributed by atoms with Crippen LogP contribution in [0.3, 0.4) is 0 Å². The average Bonchev–Trinajstić information content (AvgIpc) is 3.40. The molecule has 0 unspecified atom stereocenters. The molecule has 0 aliphatic carbocycles. The van der Waals surface area contributed by atoms with Crippen molar-refractivity contribution in [3.05, 3.63) is 0 Å². The normalized spacial score (nSPS) is 12.0. The second kappa shape index (κ2) is 67.7. The zero-order valence-corrected chi connectivity index (χ0v) is 53.9. The molecule has 0 aromatic heterocycles. The molecule has 460 valence electrons. The van der Waals surface area contributed by atoms with Gasteiger partial charge >= 0.3 is 15.6 Å². The smallest absolute Gasteiger partial charge is 0.302 e. The van der Waals surface area contributed by atoms with Gasteiger partial charge in [-0.05, 0) is 25.7 Å². The Kier molecular flexibility index (Phi) is 69.8. The molecule has 0 aliphatic rings. The van der Waals surface area contributed by atoms with Crippen LogP contribution in [0.25, 0.3) is 0 Å². The van der Waals surface area contributed by atoms with Crippen molar-refractivity contribution >= 4 is 15.6 Å². The van der Waals surface area contributed by atoms with Crippen molar-refractivity contribution in [3.8, 4) is 0 Å². The van der Waals surface area contributed by atoms with Crippen LogP contribution < -0.4 is 0 Å². The lowest BCUT2D eigenvalue weighted by Crippen LogP contribution is -1.99. The molecule has 0 spiro atoms. The summed E-state index contributed by atoms with van der Waals surface area (Å²) in [6, 6.07) is 0. The molecule has 0 fully saturated rings. The highest BCUT2D eigenvalue weighted by atomic mass is 31.2. The third kappa shape index (κ3) is 72.2. The number of rotatable bonds is 66. The van der Waals surface area contributed by atoms with Gasteiger partial charge in [0.05, 0.1) is 26.4 Å². The maximum Gasteiger partial charge on any atom is 0.472 e. The van der Waals surface area contributed by atoms with Crippen LogP contribution in [0.1, 0.15) is 400 Å². The van der Waals surface area contributed by atoms with Gasteiger partial charge in [-0.2, -0.15) is 0 Å². The molecule has 0 bridgehead atoms. The molecule has 0 rings (SSSR count). The maximum absolute atomic E-state index is 12.0. The van der Waals surface area contributed by atoms with E-state index in [9.17, 15) is 18.9 Å². The van der Waals surface area contributed by atoms with Crippen molar-refractivity contribution in [3.63, 3.8) is 0 Å². The molecule has 0 heterocycles. The molecule has 0 saturated carbocycles. The van der Waals surface area contributed by atoms with Gasteiger partial charge in [0.25, 0.3) is 0 Å². The molecule has 10 heteroatoms. The fourth-order valence-corrected chi connectivity index (χ4v) is 11.9. The standard InChI is InChI=1S/C34H71O4P.C32H67O4P/c1-3-5-7-9-11-13-15-17-19-21-23-25-27-29-31-33-37-39(35,36)38-34-32-30-28-26-24-22-20-18-16-14-12-10-8-6-4-2;1-3-5-7-9-11-13-15-17-19-21-23-25-27-29-31-35-37(33,34)36-32-30-28-26-24-22-20-18-16-14-12-10-8-6-4-2/h3-34H2,1-2H3,(H,35,36);3-32H2,1-2H3,(H,33,34). The van der Waals surface area contributed by atoms with Gasteiger partial charge in [0, 0.05) is 0 Å². The van der Waals surface area contributed by atoms with Gasteiger partial charge in [-0.1, -0.05) is 374 Å². The predicted octanol–water partition coefficient (Wildman–Crippen LogP) is 24.9. The van der Waals surface area contributed by atoms with Gasteiger partial charge < -0.3 is 9.79 Å². The summed E-state index contributed by atoms with van der Waals surface area (Å²) in [7, 11) is -7.73. The van der Waals surface area contributed by atoms with E-state index in [2.05, 4.69) is 27.7 Å². The second-order valence-corrected chi connectivity index (χ2v) is 26.3. The lowest BCUT2D eigenvalue weighted by atomic mass is 10.0. The van der Waals surface area contributed by atoms with Gasteiger partial charge in [0.2, 0.25) is 0 Å². The molecule has 0 aliphatic heterocycles. The second-order valence-electron chi connectivity index (χ2n) is 23.4. The van der Waals surface area contributed by atoms with Crippen LogP contribution in [-0.4, -0.2) is 36.2 Å². The maximum atomic E-state index is 12.0. The van der Waals surface area contributed by atoms with E-state index in [-0.39, 0.29) is 0 Å². The van der Waals surface area contributed by atoms with E-state index < -0.39 is 15.6 Å². The van der Waals surface area contributed by atoms with Gasteiger partial charge in [-0.15, -0.1) is 0 Å². The lowest BCUT2D eigenvalue weighted by Gasteiger charge is -2.12. The van der Waals surface area contributed by atoms with Crippen molar-refractivity contribution in [2.75, 3.05) is 26.4 Å². The Hall–Kier alpha value is 0.220. The van der Waals surface area contributed by atoms with Crippen LogP contribution >= 0.6 is 15.6 Å². The minimum atomic E-state index is -3.87. The van der Waals surface area contributed by atoms with Crippen LogP contribution in [-0.2, 0) is 27.2 Å². The summed E-state index contributed by atoms with van der Waals surface area (Å²) in [5.41, 5.74) is 0. The van der Waals surface area contributed by atoms with Gasteiger partial charge in [0.15, 0.2) is 0 Å². The third-order valence-electron chi connectivity index (χ3n) is 15.5. The molecule has 0 atom stereocenters. The first-order valence-electron chi connectivity index (χ1n) is 34.5. The van der Waals surface area contributed by atoms with Crippen molar-refractivity contribution in [2.24, 2.45) is 0 Å². The van der Waals surface area contributed by atoms with E-state index in [0.29, 0.717) is 26.4 Å². The van der Waals surface area contributed by atoms with E-state index >= 15 is 0 Å². The molecular formula is C66H138O8P2. The zero-order chi connectivity index (χ0) is 55.7. The molecule has 0 aromatic rings. The van der Waals surface area contributed by atoms with Gasteiger partial charge in [0.1, 0.15) is 0 Å². The summed E-state index contributed by atoms with van der Waals surface area (Å²) in [5.74, 6) is 0. The molecule has 76 heavy (non-hydrogen) atoms. The van der Waals surface area contributed by atoms with Crippen LogP contribution in [0.4, 0.5) is 0 Å². The Bertz CT molecular complexity index is 1070. The first kappa shape index (κ1) is 78.3. The third-order valence-corrected chi connectivity index (χ3v) is 17.5. The zero-order valence-electron chi connectivity index (χ0n) is 52.1. The Balaban J connectivity index is 0. The first-order valence-corrected chi connectivity index (χ1v) is 37.5. The van der Waals surface area contributed by atoms with Gasteiger partial charge in [-0.3, -0.25) is 18.1 Å². The average molecular weight is 1120 g/mol. The van der Waals surface area contributed by atoms with Gasteiger partial charge in [-0.25, -0.2) is 9.13 Å². The highest BCUT2D eigenvalue weighted by Crippen LogP contribution is 2.44. The number of unbranched alkanes of at least 4 members (excludes halogenated alkanes) is 54. The van der Waals surface area contributed by atoms with E-state index in [1.807, 2.05) is 0 Å². The number of hydrogen-bond donors (Lipinski definition) is 2. The van der Waals surface area contributed by atoms with Crippen LogP contribution in [0.15, 0.2) is 0 Å². The Labute approximate surface area is 477 Å². The molecule has 8 nitrogen and oxygen atoms in total. The first-order chi connectivity index (χ1) is 37.2. The van der Waals surface area contributed by atoms with Crippen molar-refractivity contribution in [1.29, 1.82) is 0 Å². The van der Waals surface area contributed by atoms with Crippen LogP contribution in [0.2, 0.25) is 0 Å². The molecule has 0 radical (unpaired) electrons. The monoisotopic (exact) mass is 1120 g/mol. The fraction of sp³-hybridized carbons (Fsp3) is 1.00. The summed E-state index contributed by atoms with van der Waals surface area (Å²) >= 11 is 0. The highest BCUT2D eigenvalue weighted by Gasteiger charge is 2.21. The largest absolute Gasteiger partial charge is 0.472 e. The Morgan fingerprint density at radius 1 is 0.184 bits per heavy atom. The minimum Gasteiger partial charge on any atom is -0.302 e. The Morgan fingerprint density at radius 2 is 0.276 bits per heavy atom.